The van der Waals surface area contributed by atoms with E-state index in [4.69, 9.17) is 4.74 Å². The van der Waals surface area contributed by atoms with Crippen molar-refractivity contribution in [2.45, 2.75) is 6.61 Å². The number of nitrogens with zero attached hydrogens (tertiary/aromatic N) is 2. The lowest BCUT2D eigenvalue weighted by atomic mass is 10.2. The number of carbonyl (C=O) groups excluding carboxylic acids is 1. The van der Waals surface area contributed by atoms with Gasteiger partial charge in [0, 0.05) is 16.1 Å². The minimum atomic E-state index is -0.479. The number of hydrogen-bond acceptors (Lipinski definition) is 6. The van der Waals surface area contributed by atoms with Gasteiger partial charge in [-0.25, -0.2) is 5.43 Å². The maximum absolute atomic E-state index is 12.1. The fourth-order valence-electron chi connectivity index (χ4n) is 2.22. The number of nitro groups is 1. The van der Waals surface area contributed by atoms with E-state index >= 15 is 0 Å². The van der Waals surface area contributed by atoms with Gasteiger partial charge in [-0.15, -0.1) is 11.3 Å². The molecule has 3 rings (SSSR count). The molecule has 0 radical (unpaired) electrons. The molecule has 0 saturated heterocycles. The molecule has 3 aromatic rings. The highest BCUT2D eigenvalue weighted by molar-refractivity contribution is 9.10. The van der Waals surface area contributed by atoms with Crippen LogP contribution in [0.5, 0.6) is 5.75 Å². The molecule has 1 N–H and O–H groups in total. The Hall–Kier alpha value is -3.04. The Morgan fingerprint density at radius 1 is 1.25 bits per heavy atom. The second-order valence-electron chi connectivity index (χ2n) is 5.61. The maximum Gasteiger partial charge on any atom is 0.280 e. The first kappa shape index (κ1) is 19.7. The molecule has 1 aromatic heterocycles. The Labute approximate surface area is 172 Å². The molecular formula is C19H14BrN3O4S. The summed E-state index contributed by atoms with van der Waals surface area (Å²) >= 11 is 4.59. The Morgan fingerprint density at radius 2 is 2.04 bits per heavy atom. The lowest BCUT2D eigenvalue weighted by Crippen LogP contribution is -2.17. The van der Waals surface area contributed by atoms with Gasteiger partial charge in [0.25, 0.3) is 11.6 Å². The van der Waals surface area contributed by atoms with Crippen molar-refractivity contribution in [1.29, 1.82) is 0 Å². The van der Waals surface area contributed by atoms with E-state index < -0.39 is 4.92 Å². The molecule has 142 valence electrons. The van der Waals surface area contributed by atoms with Crippen LogP contribution in [0.15, 0.2) is 69.6 Å². The number of benzene rings is 2. The van der Waals surface area contributed by atoms with Crippen molar-refractivity contribution in [3.63, 3.8) is 0 Å². The summed E-state index contributed by atoms with van der Waals surface area (Å²) in [6, 6.07) is 15.9. The van der Waals surface area contributed by atoms with Crippen molar-refractivity contribution in [3.05, 3.63) is 90.6 Å². The number of hydrazone groups is 1. The van der Waals surface area contributed by atoms with Crippen LogP contribution in [0.4, 0.5) is 5.69 Å². The predicted octanol–water partition coefficient (Wildman–Crippen LogP) is 4.76. The van der Waals surface area contributed by atoms with Gasteiger partial charge >= 0.3 is 0 Å². The van der Waals surface area contributed by atoms with Crippen molar-refractivity contribution in [2.24, 2.45) is 5.10 Å². The zero-order valence-corrected chi connectivity index (χ0v) is 16.8. The maximum atomic E-state index is 12.1. The number of hydrogen-bond donors (Lipinski definition) is 1. The fraction of sp³-hybridized carbons (Fsp3) is 0.0526. The van der Waals surface area contributed by atoms with Gasteiger partial charge in [-0.2, -0.15) is 5.10 Å². The average molecular weight is 460 g/mol. The van der Waals surface area contributed by atoms with Crippen molar-refractivity contribution >= 4 is 45.1 Å². The third kappa shape index (κ3) is 5.48. The Bertz CT molecular complexity index is 1020. The third-order valence-corrected chi connectivity index (χ3v) is 4.93. The van der Waals surface area contributed by atoms with Gasteiger partial charge in [-0.05, 0) is 42.0 Å². The van der Waals surface area contributed by atoms with Gasteiger partial charge in [0.2, 0.25) is 0 Å². The van der Waals surface area contributed by atoms with Gasteiger partial charge in [-0.1, -0.05) is 28.1 Å². The van der Waals surface area contributed by atoms with Gasteiger partial charge < -0.3 is 4.74 Å². The van der Waals surface area contributed by atoms with E-state index in [2.05, 4.69) is 26.5 Å². The van der Waals surface area contributed by atoms with Crippen LogP contribution in [0, 0.1) is 10.1 Å². The molecule has 0 spiro atoms. The van der Waals surface area contributed by atoms with Crippen molar-refractivity contribution < 1.29 is 14.5 Å². The molecule has 0 atom stereocenters. The molecule has 28 heavy (non-hydrogen) atoms. The first-order chi connectivity index (χ1) is 13.5. The van der Waals surface area contributed by atoms with Crippen LogP contribution < -0.4 is 10.2 Å². The van der Waals surface area contributed by atoms with Crippen molar-refractivity contribution in [3.8, 4) is 5.75 Å². The zero-order valence-electron chi connectivity index (χ0n) is 14.4. The van der Waals surface area contributed by atoms with Crippen molar-refractivity contribution in [1.82, 2.24) is 5.43 Å². The molecule has 0 bridgehead atoms. The van der Waals surface area contributed by atoms with Crippen LogP contribution in [0.2, 0.25) is 0 Å². The molecular weight excluding hydrogens is 446 g/mol. The molecule has 0 saturated carbocycles. The molecule has 9 heteroatoms. The summed E-state index contributed by atoms with van der Waals surface area (Å²) in [5, 5.41) is 15.9. The first-order valence-electron chi connectivity index (χ1n) is 8.05. The SMILES string of the molecule is O=C(N/N=C/c1cc([N+](=O)[O-])cs1)c1ccc(OCc2cccc(Br)c2)cc1. The molecule has 1 heterocycles. The quantitative estimate of drug-likeness (QED) is 0.313. The number of rotatable bonds is 7. The molecule has 0 fully saturated rings. The molecule has 7 nitrogen and oxygen atoms in total. The Kier molecular flexibility index (Phi) is 6.51. The second-order valence-corrected chi connectivity index (χ2v) is 7.46. The van der Waals surface area contributed by atoms with Gasteiger partial charge in [0.1, 0.15) is 12.4 Å². The van der Waals surface area contributed by atoms with Crippen LogP contribution in [-0.2, 0) is 6.61 Å². The minimum absolute atomic E-state index is 0.00349. The minimum Gasteiger partial charge on any atom is -0.489 e. The summed E-state index contributed by atoms with van der Waals surface area (Å²) < 4.78 is 6.69. The molecule has 2 aromatic carbocycles. The van der Waals surface area contributed by atoms with E-state index in [1.54, 1.807) is 24.3 Å². The lowest BCUT2D eigenvalue weighted by molar-refractivity contribution is -0.384. The predicted molar refractivity (Wildman–Crippen MR) is 111 cm³/mol. The molecule has 0 unspecified atom stereocenters. The normalized spacial score (nSPS) is 10.8. The summed E-state index contributed by atoms with van der Waals surface area (Å²) in [4.78, 5) is 22.8. The van der Waals surface area contributed by atoms with Gasteiger partial charge in [0.05, 0.1) is 21.4 Å². The van der Waals surface area contributed by atoms with E-state index in [1.807, 2.05) is 24.3 Å². The highest BCUT2D eigenvalue weighted by Gasteiger charge is 2.08. The standard InChI is InChI=1S/C19H14BrN3O4S/c20-15-3-1-2-13(8-15)11-27-17-6-4-14(5-7-17)19(24)22-21-10-18-9-16(12-28-18)23(25)26/h1-10,12H,11H2,(H,22,24)/b21-10+. The van der Waals surface area contributed by atoms with Gasteiger partial charge in [0.15, 0.2) is 0 Å². The number of nitrogens with one attached hydrogen (secondary N) is 1. The molecule has 0 aliphatic rings. The first-order valence-corrected chi connectivity index (χ1v) is 9.72. The van der Waals surface area contributed by atoms with Crippen molar-refractivity contribution in [2.75, 3.05) is 0 Å². The lowest BCUT2D eigenvalue weighted by Gasteiger charge is -2.07. The second kappa shape index (κ2) is 9.25. The van der Waals surface area contributed by atoms with Crippen LogP contribution in [0.3, 0.4) is 0 Å². The largest absolute Gasteiger partial charge is 0.489 e. The van der Waals surface area contributed by atoms with Crippen LogP contribution in [0.1, 0.15) is 20.8 Å². The number of halogens is 1. The number of amides is 1. The number of ether oxygens (including phenoxy) is 1. The summed E-state index contributed by atoms with van der Waals surface area (Å²) in [6.45, 7) is 0.419. The smallest absolute Gasteiger partial charge is 0.280 e. The topological polar surface area (TPSA) is 93.8 Å². The summed E-state index contributed by atoms with van der Waals surface area (Å²) in [5.74, 6) is 0.256. The molecule has 1 amide bonds. The average Bonchev–Trinajstić information content (AvgIpc) is 3.16. The van der Waals surface area contributed by atoms with Crippen LogP contribution in [0.25, 0.3) is 0 Å². The fourth-order valence-corrected chi connectivity index (χ4v) is 3.38. The van der Waals surface area contributed by atoms with E-state index in [0.717, 1.165) is 10.0 Å². The number of thiophene rings is 1. The van der Waals surface area contributed by atoms with E-state index in [0.29, 0.717) is 22.8 Å². The summed E-state index contributed by atoms with van der Waals surface area (Å²) in [5.41, 5.74) is 3.83. The summed E-state index contributed by atoms with van der Waals surface area (Å²) in [7, 11) is 0. The molecule has 0 aliphatic carbocycles. The third-order valence-electron chi connectivity index (χ3n) is 3.59. The highest BCUT2D eigenvalue weighted by Crippen LogP contribution is 2.19. The highest BCUT2D eigenvalue weighted by atomic mass is 79.9. The number of carbonyl (C=O) groups is 1. The summed E-state index contributed by atoms with van der Waals surface area (Å²) in [6.07, 6.45) is 1.37. The van der Waals surface area contributed by atoms with E-state index in [1.165, 1.54) is 29.0 Å². The monoisotopic (exact) mass is 459 g/mol. The zero-order chi connectivity index (χ0) is 19.9. The van der Waals surface area contributed by atoms with E-state index in [-0.39, 0.29) is 11.6 Å². The Morgan fingerprint density at radius 3 is 2.71 bits per heavy atom. The van der Waals surface area contributed by atoms with Crippen LogP contribution in [-0.4, -0.2) is 17.0 Å². The molecule has 0 aliphatic heterocycles. The van der Waals surface area contributed by atoms with Gasteiger partial charge in [-0.3, -0.25) is 14.9 Å². The van der Waals surface area contributed by atoms with Crippen LogP contribution >= 0.6 is 27.3 Å². The van der Waals surface area contributed by atoms with E-state index in [9.17, 15) is 14.9 Å². The Balaban J connectivity index is 1.52.